The summed E-state index contributed by atoms with van der Waals surface area (Å²) in [6, 6.07) is 2.26. The lowest BCUT2D eigenvalue weighted by atomic mass is 10.0. The van der Waals surface area contributed by atoms with Crippen LogP contribution in [-0.2, 0) is 0 Å². The Hall–Kier alpha value is -3.17. The van der Waals surface area contributed by atoms with E-state index < -0.39 is 0 Å². The first kappa shape index (κ1) is 17.0. The maximum atomic E-state index is 12.5. The third kappa shape index (κ3) is 2.85. The van der Waals surface area contributed by atoms with Crippen molar-refractivity contribution in [2.75, 3.05) is 30.4 Å². The molecule has 146 valence electrons. The first-order valence-corrected chi connectivity index (χ1v) is 9.45. The van der Waals surface area contributed by atoms with E-state index in [0.29, 0.717) is 23.8 Å². The maximum absolute atomic E-state index is 12.5. The predicted octanol–water partition coefficient (Wildman–Crippen LogP) is 2.03. The summed E-state index contributed by atoms with van der Waals surface area (Å²) < 4.78 is 4.90. The van der Waals surface area contributed by atoms with Gasteiger partial charge >= 0.3 is 6.03 Å². The minimum absolute atomic E-state index is 0.162. The van der Waals surface area contributed by atoms with Gasteiger partial charge in [-0.05, 0) is 35.9 Å². The minimum atomic E-state index is -0.162. The summed E-state index contributed by atoms with van der Waals surface area (Å²) in [6.07, 6.45) is 5.58. The lowest BCUT2D eigenvalue weighted by Crippen LogP contribution is -2.36. The van der Waals surface area contributed by atoms with E-state index in [1.54, 1.807) is 13.3 Å². The molecule has 1 aliphatic carbocycles. The van der Waals surface area contributed by atoms with E-state index in [1.165, 1.54) is 0 Å². The smallest absolute Gasteiger partial charge is 0.324 e. The highest BCUT2D eigenvalue weighted by molar-refractivity contribution is 5.88. The van der Waals surface area contributed by atoms with Crippen LogP contribution in [0.15, 0.2) is 23.1 Å². The second-order valence-electron chi connectivity index (χ2n) is 7.67. The Morgan fingerprint density at radius 2 is 2.11 bits per heavy atom. The van der Waals surface area contributed by atoms with Gasteiger partial charge in [0.1, 0.15) is 17.8 Å². The molecule has 0 bridgehead atoms. The first-order valence-electron chi connectivity index (χ1n) is 9.45. The second kappa shape index (κ2) is 6.47. The Labute approximate surface area is 161 Å². The third-order valence-electron chi connectivity index (χ3n) is 5.97. The van der Waals surface area contributed by atoms with Gasteiger partial charge in [0.15, 0.2) is 0 Å². The van der Waals surface area contributed by atoms with Crippen LogP contribution in [0.25, 0.3) is 11.0 Å². The third-order valence-corrected chi connectivity index (χ3v) is 5.97. The number of carbonyl (C=O) groups excluding carboxylic acids is 1. The van der Waals surface area contributed by atoms with Gasteiger partial charge < -0.3 is 19.3 Å². The van der Waals surface area contributed by atoms with Crippen LogP contribution < -0.4 is 10.2 Å². The van der Waals surface area contributed by atoms with E-state index >= 15 is 0 Å². The maximum Gasteiger partial charge on any atom is 0.324 e. The van der Waals surface area contributed by atoms with E-state index in [2.05, 4.69) is 42.4 Å². The summed E-state index contributed by atoms with van der Waals surface area (Å²) in [5.74, 6) is 2.60. The van der Waals surface area contributed by atoms with Crippen molar-refractivity contribution in [1.29, 1.82) is 0 Å². The number of carbonyl (C=O) groups is 1. The van der Waals surface area contributed by atoms with E-state index in [4.69, 9.17) is 4.52 Å². The number of hydrogen-bond acceptors (Lipinski definition) is 7. The van der Waals surface area contributed by atoms with Gasteiger partial charge in [-0.1, -0.05) is 0 Å². The summed E-state index contributed by atoms with van der Waals surface area (Å²) in [5, 5.41) is 7.47. The van der Waals surface area contributed by atoms with E-state index in [0.717, 1.165) is 42.8 Å². The number of nitrogens with one attached hydrogen (secondary N) is 2. The summed E-state index contributed by atoms with van der Waals surface area (Å²) in [5.41, 5.74) is 0.856. The molecule has 2 unspecified atom stereocenters. The van der Waals surface area contributed by atoms with Gasteiger partial charge in [-0.3, -0.25) is 5.32 Å². The molecule has 28 heavy (non-hydrogen) atoms. The number of aryl methyl sites for hydroxylation is 1. The summed E-state index contributed by atoms with van der Waals surface area (Å²) in [6.45, 7) is 3.19. The molecule has 10 nitrogen and oxygen atoms in total. The molecule has 0 aromatic carbocycles. The Bertz CT molecular complexity index is 1000. The number of fused-ring (bicyclic) bond motifs is 2. The van der Waals surface area contributed by atoms with Crippen LogP contribution in [0.3, 0.4) is 0 Å². The second-order valence-corrected chi connectivity index (χ2v) is 7.67. The lowest BCUT2D eigenvalue weighted by molar-refractivity contribution is 0.218. The molecular formula is C18H22N8O2. The van der Waals surface area contributed by atoms with Crippen LogP contribution in [0.5, 0.6) is 0 Å². The van der Waals surface area contributed by atoms with Crippen molar-refractivity contribution in [2.45, 2.75) is 25.8 Å². The molecule has 5 rings (SSSR count). The summed E-state index contributed by atoms with van der Waals surface area (Å²) in [7, 11) is 2.10. The fourth-order valence-corrected chi connectivity index (χ4v) is 4.59. The molecule has 2 fully saturated rings. The Morgan fingerprint density at radius 1 is 1.32 bits per heavy atom. The highest BCUT2D eigenvalue weighted by Gasteiger charge is 2.44. The molecule has 0 radical (unpaired) electrons. The van der Waals surface area contributed by atoms with Gasteiger partial charge in [-0.25, -0.2) is 14.8 Å². The van der Waals surface area contributed by atoms with Crippen molar-refractivity contribution in [3.63, 3.8) is 0 Å². The summed E-state index contributed by atoms with van der Waals surface area (Å²) in [4.78, 5) is 32.5. The Balaban J connectivity index is 1.23. The van der Waals surface area contributed by atoms with Crippen LogP contribution >= 0.6 is 0 Å². The lowest BCUT2D eigenvalue weighted by Gasteiger charge is -2.27. The number of H-pyrrole nitrogens is 1. The van der Waals surface area contributed by atoms with Gasteiger partial charge in [0.25, 0.3) is 5.95 Å². The van der Waals surface area contributed by atoms with Gasteiger partial charge in [-0.2, -0.15) is 4.98 Å². The van der Waals surface area contributed by atoms with Crippen molar-refractivity contribution in [2.24, 2.45) is 11.8 Å². The summed E-state index contributed by atoms with van der Waals surface area (Å²) >= 11 is 0. The zero-order valence-electron chi connectivity index (χ0n) is 15.8. The van der Waals surface area contributed by atoms with Crippen molar-refractivity contribution < 1.29 is 9.32 Å². The molecule has 10 heteroatoms. The number of rotatable bonds is 3. The number of likely N-dealkylation sites (tertiary alicyclic amines) is 1. The molecule has 2 aliphatic rings. The molecule has 4 heterocycles. The largest absolute Gasteiger partial charge is 0.356 e. The molecule has 1 aliphatic heterocycles. The number of amides is 2. The first-order chi connectivity index (χ1) is 13.6. The predicted molar refractivity (Wildman–Crippen MR) is 102 cm³/mol. The van der Waals surface area contributed by atoms with Gasteiger partial charge in [0.2, 0.25) is 5.89 Å². The number of aromatic nitrogens is 5. The van der Waals surface area contributed by atoms with Crippen molar-refractivity contribution >= 4 is 28.8 Å². The molecule has 1 saturated heterocycles. The molecule has 3 atom stereocenters. The quantitative estimate of drug-likeness (QED) is 0.712. The minimum Gasteiger partial charge on any atom is -0.356 e. The number of nitrogens with zero attached hydrogens (tertiary/aromatic N) is 6. The zero-order valence-corrected chi connectivity index (χ0v) is 15.8. The number of urea groups is 1. The van der Waals surface area contributed by atoms with Crippen LogP contribution in [0.1, 0.15) is 18.7 Å². The monoisotopic (exact) mass is 382 g/mol. The molecular weight excluding hydrogens is 360 g/mol. The zero-order chi connectivity index (χ0) is 19.3. The van der Waals surface area contributed by atoms with Gasteiger partial charge in [-0.15, -0.1) is 0 Å². The van der Waals surface area contributed by atoms with E-state index in [9.17, 15) is 4.79 Å². The van der Waals surface area contributed by atoms with Crippen LogP contribution in [0.2, 0.25) is 0 Å². The molecule has 2 amide bonds. The SMILES string of the molecule is Cc1nc(NC(=O)N2CC3CC(N(C)c4ncnc5[nH]ccc45)C[C@@H]3C2)no1. The average Bonchev–Trinajstić information content (AvgIpc) is 3.43. The number of hydrogen-bond donors (Lipinski definition) is 2. The van der Waals surface area contributed by atoms with E-state index in [-0.39, 0.29) is 12.0 Å². The van der Waals surface area contributed by atoms with Gasteiger partial charge in [0.05, 0.1) is 5.39 Å². The molecule has 2 N–H and O–H groups in total. The van der Waals surface area contributed by atoms with Crippen molar-refractivity contribution in [3.8, 4) is 0 Å². The molecule has 3 aromatic heterocycles. The van der Waals surface area contributed by atoms with Crippen molar-refractivity contribution in [3.05, 3.63) is 24.5 Å². The molecule has 0 spiro atoms. The fourth-order valence-electron chi connectivity index (χ4n) is 4.59. The van der Waals surface area contributed by atoms with Crippen LogP contribution in [0, 0.1) is 18.8 Å². The standard InChI is InChI=1S/C18H22N8O2/c1-10-22-17(24-28-10)23-18(27)26-7-11-5-13(6-12(11)8-26)25(2)16-14-3-4-19-15(14)20-9-21-16/h3-4,9,11-13H,5-8H2,1-2H3,(H,19,20,21)(H,23,24,27)/t11-,12?,13?/m1/s1. The van der Waals surface area contributed by atoms with E-state index in [1.807, 2.05) is 17.2 Å². The number of anilines is 2. The average molecular weight is 382 g/mol. The highest BCUT2D eigenvalue weighted by Crippen LogP contribution is 2.41. The molecule has 1 saturated carbocycles. The normalized spacial score (nSPS) is 23.9. The highest BCUT2D eigenvalue weighted by atomic mass is 16.5. The molecule has 3 aromatic rings. The Kier molecular flexibility index (Phi) is 3.92. The topological polar surface area (TPSA) is 116 Å². The van der Waals surface area contributed by atoms with Crippen LogP contribution in [0.4, 0.5) is 16.6 Å². The Morgan fingerprint density at radius 3 is 2.82 bits per heavy atom. The van der Waals surface area contributed by atoms with Crippen LogP contribution in [-0.4, -0.2) is 62.2 Å². The van der Waals surface area contributed by atoms with Crippen molar-refractivity contribution in [1.82, 2.24) is 30.0 Å². The van der Waals surface area contributed by atoms with Gasteiger partial charge in [0, 0.05) is 39.3 Å². The fraction of sp³-hybridized carbons (Fsp3) is 0.500. The number of aromatic amines is 1.